The van der Waals surface area contributed by atoms with Gasteiger partial charge in [-0.25, -0.2) is 0 Å². The van der Waals surface area contributed by atoms with Crippen molar-refractivity contribution in [2.24, 2.45) is 0 Å². The standard InChI is InChI=1S/C24H17Cl3O4/c1-2-14-5-3-4-6-20(14)31-22-13-30-21-11-15(7-8-16(21)24(22)28)29-12-17-18(25)9-10-19(26)23(17)27/h3-11,13H,2,12H2,1H3. The molecule has 0 N–H and O–H groups in total. The van der Waals surface area contributed by atoms with Crippen molar-refractivity contribution >= 4 is 45.8 Å². The molecule has 7 heteroatoms. The Labute approximate surface area is 193 Å². The first-order chi connectivity index (χ1) is 15.0. The molecule has 158 valence electrons. The number of hydrogen-bond donors (Lipinski definition) is 0. The van der Waals surface area contributed by atoms with Crippen LogP contribution in [-0.2, 0) is 13.0 Å². The van der Waals surface area contributed by atoms with E-state index in [0.29, 0.717) is 43.1 Å². The second-order valence-electron chi connectivity index (χ2n) is 6.76. The number of para-hydroxylation sites is 1. The molecule has 0 bridgehead atoms. The first kappa shape index (κ1) is 21.6. The quantitative estimate of drug-likeness (QED) is 0.268. The van der Waals surface area contributed by atoms with Gasteiger partial charge in [-0.3, -0.25) is 4.79 Å². The molecule has 0 amide bonds. The lowest BCUT2D eigenvalue weighted by atomic mass is 10.1. The second kappa shape index (κ2) is 9.23. The number of fused-ring (bicyclic) bond motifs is 1. The molecular weight excluding hydrogens is 459 g/mol. The summed E-state index contributed by atoms with van der Waals surface area (Å²) in [6, 6.07) is 15.8. The molecule has 0 fully saturated rings. The number of halogens is 3. The van der Waals surface area contributed by atoms with E-state index >= 15 is 0 Å². The van der Waals surface area contributed by atoms with Crippen LogP contribution in [0.3, 0.4) is 0 Å². The van der Waals surface area contributed by atoms with E-state index in [1.807, 2.05) is 31.2 Å². The van der Waals surface area contributed by atoms with E-state index in [1.165, 1.54) is 6.26 Å². The van der Waals surface area contributed by atoms with Crippen LogP contribution in [0.1, 0.15) is 18.1 Å². The molecule has 0 aliphatic rings. The van der Waals surface area contributed by atoms with Crippen molar-refractivity contribution in [3.05, 3.63) is 97.3 Å². The number of aryl methyl sites for hydroxylation is 1. The zero-order chi connectivity index (χ0) is 22.0. The Kier molecular flexibility index (Phi) is 6.42. The fourth-order valence-corrected chi connectivity index (χ4v) is 3.78. The monoisotopic (exact) mass is 474 g/mol. The Balaban J connectivity index is 1.59. The predicted octanol–water partition coefficient (Wildman–Crippen LogP) is 7.69. The lowest BCUT2D eigenvalue weighted by Crippen LogP contribution is -2.06. The summed E-state index contributed by atoms with van der Waals surface area (Å²) >= 11 is 18.5. The minimum Gasteiger partial charge on any atom is -0.489 e. The van der Waals surface area contributed by atoms with Crippen molar-refractivity contribution < 1.29 is 13.9 Å². The maximum Gasteiger partial charge on any atom is 0.235 e. The van der Waals surface area contributed by atoms with Crippen LogP contribution in [0.15, 0.2) is 70.1 Å². The Bertz CT molecular complexity index is 1310. The molecule has 0 radical (unpaired) electrons. The van der Waals surface area contributed by atoms with Crippen LogP contribution in [-0.4, -0.2) is 0 Å². The Hall–Kier alpha value is -2.66. The van der Waals surface area contributed by atoms with Crippen LogP contribution in [0.5, 0.6) is 17.2 Å². The highest BCUT2D eigenvalue weighted by Gasteiger charge is 2.13. The van der Waals surface area contributed by atoms with Crippen molar-refractivity contribution in [1.82, 2.24) is 0 Å². The van der Waals surface area contributed by atoms with E-state index in [9.17, 15) is 4.79 Å². The molecule has 0 atom stereocenters. The van der Waals surface area contributed by atoms with Gasteiger partial charge in [0.05, 0.1) is 15.4 Å². The molecule has 4 rings (SSSR count). The topological polar surface area (TPSA) is 48.7 Å². The molecule has 0 spiro atoms. The average Bonchev–Trinajstić information content (AvgIpc) is 2.78. The zero-order valence-electron chi connectivity index (χ0n) is 16.5. The number of benzene rings is 3. The summed E-state index contributed by atoms with van der Waals surface area (Å²) < 4.78 is 17.3. The molecule has 0 unspecified atom stereocenters. The fraction of sp³-hybridized carbons (Fsp3) is 0.125. The van der Waals surface area contributed by atoms with Crippen LogP contribution in [0, 0.1) is 0 Å². The van der Waals surface area contributed by atoms with E-state index in [2.05, 4.69) is 0 Å². The van der Waals surface area contributed by atoms with Gasteiger partial charge in [-0.15, -0.1) is 0 Å². The maximum absolute atomic E-state index is 12.9. The van der Waals surface area contributed by atoms with Crippen molar-refractivity contribution in [3.8, 4) is 17.2 Å². The molecule has 0 saturated carbocycles. The van der Waals surface area contributed by atoms with Gasteiger partial charge in [0, 0.05) is 16.7 Å². The van der Waals surface area contributed by atoms with Crippen LogP contribution in [0.25, 0.3) is 11.0 Å². The van der Waals surface area contributed by atoms with Gasteiger partial charge in [-0.05, 0) is 42.3 Å². The lowest BCUT2D eigenvalue weighted by molar-refractivity contribution is 0.306. The van der Waals surface area contributed by atoms with E-state index in [0.717, 1.165) is 12.0 Å². The molecule has 0 aliphatic carbocycles. The van der Waals surface area contributed by atoms with Crippen LogP contribution in [0.2, 0.25) is 15.1 Å². The Morgan fingerprint density at radius 1 is 0.935 bits per heavy atom. The maximum atomic E-state index is 12.9. The van der Waals surface area contributed by atoms with Crippen molar-refractivity contribution in [2.45, 2.75) is 20.0 Å². The molecule has 4 aromatic rings. The summed E-state index contributed by atoms with van der Waals surface area (Å²) in [6.45, 7) is 2.14. The summed E-state index contributed by atoms with van der Waals surface area (Å²) in [5, 5.41) is 1.58. The lowest BCUT2D eigenvalue weighted by Gasteiger charge is -2.11. The highest BCUT2D eigenvalue weighted by molar-refractivity contribution is 6.44. The van der Waals surface area contributed by atoms with Crippen LogP contribution < -0.4 is 14.9 Å². The van der Waals surface area contributed by atoms with E-state index in [4.69, 9.17) is 48.7 Å². The molecule has 31 heavy (non-hydrogen) atoms. The van der Waals surface area contributed by atoms with E-state index < -0.39 is 0 Å². The molecule has 1 aromatic heterocycles. The Morgan fingerprint density at radius 3 is 2.52 bits per heavy atom. The first-order valence-electron chi connectivity index (χ1n) is 9.54. The van der Waals surface area contributed by atoms with E-state index in [1.54, 1.807) is 30.3 Å². The highest BCUT2D eigenvalue weighted by atomic mass is 35.5. The largest absolute Gasteiger partial charge is 0.489 e. The minimum absolute atomic E-state index is 0.114. The number of hydrogen-bond acceptors (Lipinski definition) is 4. The SMILES string of the molecule is CCc1ccccc1Oc1coc2cc(OCc3c(Cl)ccc(Cl)c3Cl)ccc2c1=O. The van der Waals surface area contributed by atoms with Gasteiger partial charge in [0.1, 0.15) is 30.0 Å². The van der Waals surface area contributed by atoms with Gasteiger partial charge in [-0.1, -0.05) is 59.9 Å². The predicted molar refractivity (Wildman–Crippen MR) is 124 cm³/mol. The van der Waals surface area contributed by atoms with E-state index in [-0.39, 0.29) is 17.8 Å². The average molecular weight is 476 g/mol. The molecule has 1 heterocycles. The summed E-state index contributed by atoms with van der Waals surface area (Å²) in [5.74, 6) is 1.25. The van der Waals surface area contributed by atoms with Crippen LogP contribution >= 0.6 is 34.8 Å². The molecule has 0 aliphatic heterocycles. The first-order valence-corrected chi connectivity index (χ1v) is 10.7. The van der Waals surface area contributed by atoms with Gasteiger partial charge in [-0.2, -0.15) is 0 Å². The smallest absolute Gasteiger partial charge is 0.235 e. The normalized spacial score (nSPS) is 11.0. The van der Waals surface area contributed by atoms with Crippen molar-refractivity contribution in [3.63, 3.8) is 0 Å². The second-order valence-corrected chi connectivity index (χ2v) is 7.95. The molecule has 0 saturated heterocycles. The van der Waals surface area contributed by atoms with Gasteiger partial charge in [0.25, 0.3) is 0 Å². The summed E-state index contributed by atoms with van der Waals surface area (Å²) in [4.78, 5) is 12.9. The number of rotatable bonds is 6. The van der Waals surface area contributed by atoms with Gasteiger partial charge in [0.2, 0.25) is 11.2 Å². The van der Waals surface area contributed by atoms with Crippen molar-refractivity contribution in [1.29, 1.82) is 0 Å². The Morgan fingerprint density at radius 2 is 1.71 bits per heavy atom. The highest BCUT2D eigenvalue weighted by Crippen LogP contribution is 2.33. The summed E-state index contributed by atoms with van der Waals surface area (Å²) in [5.41, 5.74) is 1.70. The summed E-state index contributed by atoms with van der Waals surface area (Å²) in [7, 11) is 0. The number of ether oxygens (including phenoxy) is 2. The van der Waals surface area contributed by atoms with Crippen molar-refractivity contribution in [2.75, 3.05) is 0 Å². The van der Waals surface area contributed by atoms with Crippen LogP contribution in [0.4, 0.5) is 0 Å². The molecule has 3 aromatic carbocycles. The fourth-order valence-electron chi connectivity index (χ4n) is 3.12. The molecular formula is C24H17Cl3O4. The molecule has 4 nitrogen and oxygen atoms in total. The van der Waals surface area contributed by atoms with Gasteiger partial charge < -0.3 is 13.9 Å². The van der Waals surface area contributed by atoms with Gasteiger partial charge in [0.15, 0.2) is 0 Å². The third kappa shape index (κ3) is 4.52. The zero-order valence-corrected chi connectivity index (χ0v) is 18.7. The third-order valence-electron chi connectivity index (χ3n) is 4.81. The minimum atomic E-state index is -0.264. The summed E-state index contributed by atoms with van der Waals surface area (Å²) in [6.07, 6.45) is 2.10. The third-order valence-corrected chi connectivity index (χ3v) is 6.01. The van der Waals surface area contributed by atoms with Gasteiger partial charge >= 0.3 is 0 Å².